The maximum Gasteiger partial charge on any atom is -0.00106 e. The van der Waals surface area contributed by atoms with E-state index in [1.54, 1.807) is 0 Å². The van der Waals surface area contributed by atoms with Crippen LogP contribution in [0.25, 0.3) is 21.9 Å². The molecule has 1 aliphatic rings. The fourth-order valence-corrected chi connectivity index (χ4v) is 3.14. The van der Waals surface area contributed by atoms with Crippen molar-refractivity contribution in [3.05, 3.63) is 71.3 Å². The maximum absolute atomic E-state index is 2.29. The molecule has 0 fully saturated rings. The van der Waals surface area contributed by atoms with Gasteiger partial charge in [0.05, 0.1) is 0 Å². The van der Waals surface area contributed by atoms with Crippen molar-refractivity contribution in [1.29, 1.82) is 0 Å². The summed E-state index contributed by atoms with van der Waals surface area (Å²) in [7, 11) is 0. The molecule has 0 saturated carbocycles. The second kappa shape index (κ2) is 3.46. The van der Waals surface area contributed by atoms with Crippen LogP contribution in [0.5, 0.6) is 0 Å². The van der Waals surface area contributed by atoms with Crippen LogP contribution in [0, 0.1) is 6.92 Å². The molecule has 4 rings (SSSR count). The fourth-order valence-electron chi connectivity index (χ4n) is 3.14. The largest absolute Gasteiger partial charge is 0.0616 e. The van der Waals surface area contributed by atoms with Gasteiger partial charge in [0.2, 0.25) is 0 Å². The van der Waals surface area contributed by atoms with E-state index in [1.165, 1.54) is 38.6 Å². The van der Waals surface area contributed by atoms with Gasteiger partial charge in [-0.25, -0.2) is 0 Å². The Balaban J connectivity index is 2.16. The second-order valence-electron chi connectivity index (χ2n) is 5.10. The van der Waals surface area contributed by atoms with E-state index in [9.17, 15) is 0 Å². The summed E-state index contributed by atoms with van der Waals surface area (Å²) in [5.41, 5.74) is 7.27. The molecule has 0 heterocycles. The summed E-state index contributed by atoms with van der Waals surface area (Å²) in [5, 5.41) is 2.73. The molecule has 0 N–H and O–H groups in total. The molecule has 0 aliphatic heterocycles. The summed E-state index contributed by atoms with van der Waals surface area (Å²) in [6, 6.07) is 19.9. The third kappa shape index (κ3) is 1.20. The van der Waals surface area contributed by atoms with Crippen molar-refractivity contribution in [2.75, 3.05) is 0 Å². The highest BCUT2D eigenvalue weighted by atomic mass is 14.2. The van der Waals surface area contributed by atoms with Crippen LogP contribution in [-0.2, 0) is 6.42 Å². The van der Waals surface area contributed by atoms with Gasteiger partial charge in [-0.05, 0) is 51.9 Å². The van der Waals surface area contributed by atoms with E-state index in [4.69, 9.17) is 0 Å². The minimum absolute atomic E-state index is 1.09. The van der Waals surface area contributed by atoms with Gasteiger partial charge in [-0.1, -0.05) is 54.6 Å². The Bertz CT molecular complexity index is 766. The predicted octanol–water partition coefficient (Wildman–Crippen LogP) is 4.72. The van der Waals surface area contributed by atoms with Gasteiger partial charge in [0.1, 0.15) is 0 Å². The van der Waals surface area contributed by atoms with Crippen molar-refractivity contribution < 1.29 is 0 Å². The second-order valence-corrected chi connectivity index (χ2v) is 5.10. The Morgan fingerprint density at radius 2 is 1.72 bits per heavy atom. The topological polar surface area (TPSA) is 0 Å². The van der Waals surface area contributed by atoms with Crippen LogP contribution in [0.15, 0.2) is 54.6 Å². The molecule has 0 radical (unpaired) electrons. The molecule has 0 heteroatoms. The normalized spacial score (nSPS) is 12.5. The van der Waals surface area contributed by atoms with Crippen LogP contribution in [0.2, 0.25) is 0 Å². The Labute approximate surface area is 107 Å². The first kappa shape index (κ1) is 9.90. The Morgan fingerprint density at radius 3 is 2.67 bits per heavy atom. The summed E-state index contributed by atoms with van der Waals surface area (Å²) in [4.78, 5) is 0. The smallest absolute Gasteiger partial charge is 0.00106 e. The minimum Gasteiger partial charge on any atom is -0.0616 e. The number of aryl methyl sites for hydroxylation is 1. The Kier molecular flexibility index (Phi) is 1.90. The monoisotopic (exact) mass is 230 g/mol. The van der Waals surface area contributed by atoms with Crippen molar-refractivity contribution in [2.45, 2.75) is 13.3 Å². The number of hydrogen-bond donors (Lipinski definition) is 0. The van der Waals surface area contributed by atoms with E-state index in [1.807, 2.05) is 0 Å². The fraction of sp³-hybridized carbons (Fsp3) is 0.111. The van der Waals surface area contributed by atoms with Crippen molar-refractivity contribution in [3.63, 3.8) is 0 Å². The van der Waals surface area contributed by atoms with Crippen LogP contribution in [0.3, 0.4) is 0 Å². The lowest BCUT2D eigenvalue weighted by Crippen LogP contribution is -1.84. The van der Waals surface area contributed by atoms with Gasteiger partial charge in [-0.15, -0.1) is 0 Å². The highest BCUT2D eigenvalue weighted by Crippen LogP contribution is 2.42. The molecule has 3 aromatic carbocycles. The molecule has 0 atom stereocenters. The lowest BCUT2D eigenvalue weighted by Gasteiger charge is -2.07. The molecule has 86 valence electrons. The molecule has 0 amide bonds. The van der Waals surface area contributed by atoms with Crippen molar-refractivity contribution in [1.82, 2.24) is 0 Å². The maximum atomic E-state index is 2.29. The lowest BCUT2D eigenvalue weighted by molar-refractivity contribution is 1.22. The minimum atomic E-state index is 1.09. The molecular formula is C18H14. The predicted molar refractivity (Wildman–Crippen MR) is 76.9 cm³/mol. The van der Waals surface area contributed by atoms with Gasteiger partial charge in [-0.2, -0.15) is 0 Å². The van der Waals surface area contributed by atoms with Crippen LogP contribution in [0.1, 0.15) is 16.7 Å². The molecular weight excluding hydrogens is 216 g/mol. The van der Waals surface area contributed by atoms with Gasteiger partial charge in [-0.3, -0.25) is 0 Å². The van der Waals surface area contributed by atoms with Crippen LogP contribution in [0.4, 0.5) is 0 Å². The summed E-state index contributed by atoms with van der Waals surface area (Å²) in [5.74, 6) is 0. The summed E-state index contributed by atoms with van der Waals surface area (Å²) >= 11 is 0. The zero-order chi connectivity index (χ0) is 12.1. The van der Waals surface area contributed by atoms with E-state index in [0.29, 0.717) is 0 Å². The van der Waals surface area contributed by atoms with Gasteiger partial charge < -0.3 is 0 Å². The molecule has 0 saturated heterocycles. The van der Waals surface area contributed by atoms with E-state index in [2.05, 4.69) is 61.5 Å². The molecule has 0 bridgehead atoms. The number of benzene rings is 3. The molecule has 0 spiro atoms. The first-order valence-corrected chi connectivity index (χ1v) is 6.44. The van der Waals surface area contributed by atoms with Crippen LogP contribution < -0.4 is 0 Å². The highest BCUT2D eigenvalue weighted by molar-refractivity contribution is 6.01. The highest BCUT2D eigenvalue weighted by Gasteiger charge is 2.21. The zero-order valence-electron chi connectivity index (χ0n) is 10.4. The average molecular weight is 230 g/mol. The summed E-state index contributed by atoms with van der Waals surface area (Å²) < 4.78 is 0. The van der Waals surface area contributed by atoms with Gasteiger partial charge in [0.25, 0.3) is 0 Å². The van der Waals surface area contributed by atoms with E-state index >= 15 is 0 Å². The molecule has 0 aromatic heterocycles. The van der Waals surface area contributed by atoms with Crippen LogP contribution in [-0.4, -0.2) is 0 Å². The Morgan fingerprint density at radius 1 is 0.833 bits per heavy atom. The first-order chi connectivity index (χ1) is 8.84. The number of fused-ring (bicyclic) bond motifs is 5. The van der Waals surface area contributed by atoms with E-state index in [0.717, 1.165) is 6.42 Å². The van der Waals surface area contributed by atoms with Gasteiger partial charge >= 0.3 is 0 Å². The quantitative estimate of drug-likeness (QED) is 0.410. The van der Waals surface area contributed by atoms with Crippen molar-refractivity contribution in [2.24, 2.45) is 0 Å². The van der Waals surface area contributed by atoms with E-state index in [-0.39, 0.29) is 0 Å². The molecule has 0 unspecified atom stereocenters. The third-order valence-electron chi connectivity index (χ3n) is 4.06. The van der Waals surface area contributed by atoms with Crippen molar-refractivity contribution >= 4 is 10.8 Å². The standard InChI is InChI=1S/C18H14/c1-12-5-4-8-16-17(12)11-14-10-9-13-6-2-3-7-15(13)18(14)16/h2-10H,11H2,1H3. The first-order valence-electron chi connectivity index (χ1n) is 6.44. The zero-order valence-corrected chi connectivity index (χ0v) is 10.4. The van der Waals surface area contributed by atoms with Gasteiger partial charge in [0.15, 0.2) is 0 Å². The Hall–Kier alpha value is -2.08. The van der Waals surface area contributed by atoms with Crippen molar-refractivity contribution in [3.8, 4) is 11.1 Å². The molecule has 0 nitrogen and oxygen atoms in total. The molecule has 1 aliphatic carbocycles. The summed E-state index contributed by atoms with van der Waals surface area (Å²) in [6.45, 7) is 2.22. The number of rotatable bonds is 0. The SMILES string of the molecule is Cc1cccc2c1Cc1ccc3ccccc3c1-2. The van der Waals surface area contributed by atoms with Gasteiger partial charge in [0, 0.05) is 0 Å². The summed E-state index contributed by atoms with van der Waals surface area (Å²) in [6.07, 6.45) is 1.09. The molecule has 3 aromatic rings. The number of hydrogen-bond acceptors (Lipinski definition) is 0. The van der Waals surface area contributed by atoms with E-state index < -0.39 is 0 Å². The average Bonchev–Trinajstić information content (AvgIpc) is 2.79. The molecule has 18 heavy (non-hydrogen) atoms. The third-order valence-corrected chi connectivity index (χ3v) is 4.06. The lowest BCUT2D eigenvalue weighted by atomic mass is 9.97. The van der Waals surface area contributed by atoms with Crippen LogP contribution >= 0.6 is 0 Å².